The van der Waals surface area contributed by atoms with Gasteiger partial charge in [0.15, 0.2) is 11.5 Å². The van der Waals surface area contributed by atoms with Crippen molar-refractivity contribution in [3.8, 4) is 5.82 Å². The van der Waals surface area contributed by atoms with Gasteiger partial charge in [-0.05, 0) is 119 Å². The number of amides is 2. The zero-order chi connectivity index (χ0) is 43.3. The number of carbonyl (C=O) groups is 2. The van der Waals surface area contributed by atoms with Crippen LogP contribution >= 0.6 is 0 Å². The van der Waals surface area contributed by atoms with Crippen molar-refractivity contribution in [1.82, 2.24) is 43.7 Å². The summed E-state index contributed by atoms with van der Waals surface area (Å²) in [7, 11) is 1.78. The Morgan fingerprint density at radius 1 is 0.919 bits per heavy atom. The first-order valence-corrected chi connectivity index (χ1v) is 21.6. The third-order valence-electron chi connectivity index (χ3n) is 12.9. The van der Waals surface area contributed by atoms with Crippen LogP contribution in [0.3, 0.4) is 0 Å². The van der Waals surface area contributed by atoms with Crippen LogP contribution in [-0.2, 0) is 28.8 Å². The van der Waals surface area contributed by atoms with Crippen molar-refractivity contribution in [2.75, 3.05) is 42.9 Å². The zero-order valence-electron chi connectivity index (χ0n) is 35.5. The zero-order valence-corrected chi connectivity index (χ0v) is 35.5. The lowest BCUT2D eigenvalue weighted by molar-refractivity contribution is -0.135. The van der Waals surface area contributed by atoms with Crippen molar-refractivity contribution < 1.29 is 14.7 Å². The Hall–Kier alpha value is -6.39. The molecule has 4 aromatic heterocycles. The van der Waals surface area contributed by atoms with Crippen LogP contribution in [0.1, 0.15) is 75.6 Å². The summed E-state index contributed by atoms with van der Waals surface area (Å²) in [5.41, 5.74) is 3.97. The van der Waals surface area contributed by atoms with E-state index in [9.17, 15) is 24.3 Å². The fourth-order valence-electron chi connectivity index (χ4n) is 9.57. The molecule has 0 saturated carbocycles. The quantitative estimate of drug-likeness (QED) is 0.120. The van der Waals surface area contributed by atoms with Crippen molar-refractivity contribution in [3.05, 3.63) is 112 Å². The molecule has 0 spiro atoms. The lowest BCUT2D eigenvalue weighted by Crippen LogP contribution is -2.44. The summed E-state index contributed by atoms with van der Waals surface area (Å²) in [6, 6.07) is 18.9. The van der Waals surface area contributed by atoms with E-state index in [0.717, 1.165) is 86.4 Å². The normalized spacial score (nSPS) is 18.5. The molecule has 7 heterocycles. The van der Waals surface area contributed by atoms with E-state index >= 15 is 0 Å². The molecule has 62 heavy (non-hydrogen) atoms. The Bertz CT molecular complexity index is 2800. The Kier molecular flexibility index (Phi) is 10.9. The predicted octanol–water partition coefficient (Wildman–Crippen LogP) is 4.86. The molecule has 3 N–H and O–H groups in total. The molecule has 3 fully saturated rings. The third-order valence-corrected chi connectivity index (χ3v) is 12.9. The molecule has 3 aliphatic rings. The van der Waals surface area contributed by atoms with E-state index in [1.807, 2.05) is 24.3 Å². The molecular formula is C46H53N11O5. The molecule has 322 valence electrons. The summed E-state index contributed by atoms with van der Waals surface area (Å²) in [6.07, 6.45) is 7.95. The third kappa shape index (κ3) is 7.72. The lowest BCUT2D eigenvalue weighted by Gasteiger charge is -2.38. The number of imide groups is 1. The van der Waals surface area contributed by atoms with Crippen molar-refractivity contribution in [1.29, 1.82) is 0 Å². The molecule has 3 aliphatic heterocycles. The number of benzene rings is 2. The van der Waals surface area contributed by atoms with Gasteiger partial charge in [0, 0.05) is 50.7 Å². The molecule has 0 aliphatic carbocycles. The number of piperidine rings is 3. The van der Waals surface area contributed by atoms with E-state index in [1.54, 1.807) is 59.0 Å². The number of anilines is 3. The van der Waals surface area contributed by atoms with E-state index in [1.165, 1.54) is 10.9 Å². The summed E-state index contributed by atoms with van der Waals surface area (Å²) in [5.74, 6) is 1.02. The molecule has 0 radical (unpaired) electrons. The number of rotatable bonds is 11. The number of carbonyl (C=O) groups excluding carboxylic acids is 2. The van der Waals surface area contributed by atoms with Gasteiger partial charge in [0.25, 0.3) is 5.56 Å². The van der Waals surface area contributed by atoms with Gasteiger partial charge in [0.1, 0.15) is 17.0 Å². The molecular weight excluding hydrogens is 787 g/mol. The van der Waals surface area contributed by atoms with Gasteiger partial charge in [0.2, 0.25) is 17.8 Å². The van der Waals surface area contributed by atoms with Gasteiger partial charge in [-0.1, -0.05) is 24.3 Å². The number of nitrogens with one attached hydrogen (secondary N) is 2. The second-order valence-corrected chi connectivity index (χ2v) is 17.4. The Morgan fingerprint density at radius 2 is 1.66 bits per heavy atom. The van der Waals surface area contributed by atoms with Gasteiger partial charge in [-0.2, -0.15) is 4.98 Å². The highest BCUT2D eigenvalue weighted by Gasteiger charge is 2.33. The maximum Gasteiger partial charge on any atom is 0.329 e. The number of para-hydroxylation sites is 1. The average Bonchev–Trinajstić information content (AvgIpc) is 3.69. The molecule has 3 saturated heterocycles. The first kappa shape index (κ1) is 41.0. The summed E-state index contributed by atoms with van der Waals surface area (Å²) in [6.45, 7) is 12.4. The highest BCUT2D eigenvalue weighted by Crippen LogP contribution is 2.35. The van der Waals surface area contributed by atoms with Crippen LogP contribution in [0.5, 0.6) is 0 Å². The maximum absolute atomic E-state index is 13.5. The number of hydrogen-bond acceptors (Lipinski definition) is 11. The molecule has 2 amide bonds. The molecule has 16 nitrogen and oxygen atoms in total. The number of allylic oxidation sites excluding steroid dienone is 1. The van der Waals surface area contributed by atoms with Gasteiger partial charge < -0.3 is 20.2 Å². The van der Waals surface area contributed by atoms with Gasteiger partial charge in [-0.25, -0.2) is 24.1 Å². The number of imidazole rings is 1. The molecule has 1 unspecified atom stereocenters. The van der Waals surface area contributed by atoms with Crippen LogP contribution in [-0.4, -0.2) is 88.0 Å². The monoisotopic (exact) mass is 839 g/mol. The Balaban J connectivity index is 0.810. The van der Waals surface area contributed by atoms with E-state index in [-0.39, 0.29) is 30.1 Å². The lowest BCUT2D eigenvalue weighted by atomic mass is 9.87. The maximum atomic E-state index is 13.5. The highest BCUT2D eigenvalue weighted by atomic mass is 16.3. The second kappa shape index (κ2) is 16.5. The van der Waals surface area contributed by atoms with Gasteiger partial charge in [-0.15, -0.1) is 6.58 Å². The SMILES string of the molecule is C=CCn1c(=O)c2cnc(Nc3ccc(N4CCC(CN5CCC(c6cccc7c6n(C)c(=O)n7C6CCC(=O)NC6=O)CC5)CC4)cc3)nc2n1-c1cccc(C(C)(C)O)n1. The standard InChI is InChI=1S/C46H53N11O5/c1-5-22-55-43(60)34-27-47-44(51-41(34)57(55)38-11-7-10-37(49-38)46(2,3)62)48-31-12-14-32(15-13-31)54-25-18-29(19-26-54)28-53-23-20-30(21-24-53)33-8-6-9-35-40(33)52(4)45(61)56(35)36-16-17-39(58)50-42(36)59/h5-15,27,29-30,36,62H,1,16-26,28H2,2-4H3,(H,47,48,51)(H,50,58,59). The number of hydrogen-bond donors (Lipinski definition) is 3. The topological polar surface area (TPSA) is 177 Å². The van der Waals surface area contributed by atoms with E-state index in [2.05, 4.69) is 55.2 Å². The first-order valence-electron chi connectivity index (χ1n) is 21.6. The van der Waals surface area contributed by atoms with E-state index < -0.39 is 17.6 Å². The highest BCUT2D eigenvalue weighted by molar-refractivity contribution is 6.00. The van der Waals surface area contributed by atoms with Gasteiger partial charge in [0.05, 0.1) is 23.3 Å². The van der Waals surface area contributed by atoms with Crippen LogP contribution in [0, 0.1) is 5.92 Å². The summed E-state index contributed by atoms with van der Waals surface area (Å²) >= 11 is 0. The van der Waals surface area contributed by atoms with Crippen molar-refractivity contribution in [2.24, 2.45) is 13.0 Å². The Labute approximate surface area is 358 Å². The number of pyridine rings is 1. The minimum absolute atomic E-state index is 0.222. The van der Waals surface area contributed by atoms with Gasteiger partial charge >= 0.3 is 5.69 Å². The second-order valence-electron chi connectivity index (χ2n) is 17.4. The number of aliphatic hydroxyl groups is 1. The number of aromatic nitrogens is 7. The molecule has 2 aromatic carbocycles. The fraction of sp³-hybridized carbons (Fsp3) is 0.413. The summed E-state index contributed by atoms with van der Waals surface area (Å²) in [4.78, 5) is 70.4. The number of aryl methyl sites for hydroxylation is 1. The van der Waals surface area contributed by atoms with E-state index in [4.69, 9.17) is 4.98 Å². The van der Waals surface area contributed by atoms with Crippen molar-refractivity contribution >= 4 is 51.2 Å². The van der Waals surface area contributed by atoms with Crippen LogP contribution in [0.15, 0.2) is 89.1 Å². The number of fused-ring (bicyclic) bond motifs is 2. The minimum atomic E-state index is -1.17. The molecule has 6 aromatic rings. The molecule has 0 bridgehead atoms. The minimum Gasteiger partial charge on any atom is -0.384 e. The average molecular weight is 840 g/mol. The molecule has 9 rings (SSSR count). The predicted molar refractivity (Wildman–Crippen MR) is 238 cm³/mol. The molecule has 1 atom stereocenters. The summed E-state index contributed by atoms with van der Waals surface area (Å²) < 4.78 is 6.41. The fourth-order valence-corrected chi connectivity index (χ4v) is 9.57. The molecule has 16 heteroatoms. The van der Waals surface area contributed by atoms with Crippen molar-refractivity contribution in [2.45, 2.75) is 76.5 Å². The van der Waals surface area contributed by atoms with Crippen LogP contribution in [0.4, 0.5) is 17.3 Å². The van der Waals surface area contributed by atoms with Crippen LogP contribution in [0.25, 0.3) is 27.9 Å². The van der Waals surface area contributed by atoms with Crippen molar-refractivity contribution in [3.63, 3.8) is 0 Å². The van der Waals surface area contributed by atoms with Gasteiger partial charge in [-0.3, -0.25) is 28.8 Å². The van der Waals surface area contributed by atoms with E-state index in [0.29, 0.717) is 46.8 Å². The van der Waals surface area contributed by atoms with Crippen LogP contribution < -0.4 is 26.8 Å². The number of nitrogens with zero attached hydrogens (tertiary/aromatic N) is 9. The smallest absolute Gasteiger partial charge is 0.329 e. The first-order chi connectivity index (χ1) is 29.9. The number of likely N-dealkylation sites (tertiary alicyclic amines) is 1. The summed E-state index contributed by atoms with van der Waals surface area (Å²) in [5, 5.41) is 16.7. The largest absolute Gasteiger partial charge is 0.384 e. The Morgan fingerprint density at radius 3 is 2.37 bits per heavy atom. The van der Waals surface area contributed by atoms with Crippen LogP contribution in [0.2, 0.25) is 0 Å².